The van der Waals surface area contributed by atoms with E-state index in [2.05, 4.69) is 27.4 Å². The van der Waals surface area contributed by atoms with Gasteiger partial charge in [0.25, 0.3) is 0 Å². The van der Waals surface area contributed by atoms with Crippen molar-refractivity contribution in [2.75, 3.05) is 29.9 Å². The van der Waals surface area contributed by atoms with Crippen molar-refractivity contribution in [2.24, 2.45) is 0 Å². The molecular formula is C16H21ClN4O. The number of aromatic nitrogens is 2. The molecule has 2 N–H and O–H groups in total. The third kappa shape index (κ3) is 3.72. The van der Waals surface area contributed by atoms with Crippen molar-refractivity contribution >= 4 is 23.0 Å². The Balaban J connectivity index is 1.51. The topological polar surface area (TPSA) is 53.3 Å². The number of hydrogen-bond acceptors (Lipinski definition) is 4. The van der Waals surface area contributed by atoms with Crippen LogP contribution in [0.2, 0.25) is 5.02 Å². The van der Waals surface area contributed by atoms with E-state index in [4.69, 9.17) is 16.7 Å². The Morgan fingerprint density at radius 2 is 1.95 bits per heavy atom. The number of rotatable bonds is 5. The first-order valence-electron chi connectivity index (χ1n) is 7.65. The lowest BCUT2D eigenvalue weighted by Gasteiger charge is -2.34. The Morgan fingerprint density at radius 3 is 2.64 bits per heavy atom. The molecule has 5 nitrogen and oxygen atoms in total. The molecule has 0 radical (unpaired) electrons. The second-order valence-electron chi connectivity index (χ2n) is 5.60. The molecule has 0 saturated carbocycles. The van der Waals surface area contributed by atoms with Crippen LogP contribution in [-0.4, -0.2) is 40.6 Å². The van der Waals surface area contributed by atoms with Crippen LogP contribution >= 0.6 is 11.6 Å². The maximum absolute atomic E-state index is 8.91. The summed E-state index contributed by atoms with van der Waals surface area (Å²) in [7, 11) is 0. The molecule has 0 bridgehead atoms. The summed E-state index contributed by atoms with van der Waals surface area (Å²) in [6.07, 6.45) is 5.95. The van der Waals surface area contributed by atoms with E-state index < -0.39 is 0 Å². The van der Waals surface area contributed by atoms with Gasteiger partial charge in [-0.1, -0.05) is 11.6 Å². The van der Waals surface area contributed by atoms with Crippen LogP contribution in [0.25, 0.3) is 0 Å². The fraction of sp³-hybridized carbons (Fsp3) is 0.438. The molecule has 0 aliphatic carbocycles. The zero-order valence-corrected chi connectivity index (χ0v) is 13.2. The molecule has 1 aromatic carbocycles. The van der Waals surface area contributed by atoms with Gasteiger partial charge in [-0.25, -0.2) is 0 Å². The lowest BCUT2D eigenvalue weighted by atomic mass is 10.0. The number of hydrogen-bond donors (Lipinski definition) is 2. The third-order valence-electron chi connectivity index (χ3n) is 4.02. The van der Waals surface area contributed by atoms with Crippen LogP contribution in [0, 0.1) is 0 Å². The zero-order valence-electron chi connectivity index (χ0n) is 12.5. The Bertz CT molecular complexity index is 590. The molecule has 0 amide bonds. The Kier molecular flexibility index (Phi) is 4.85. The molecule has 1 aromatic heterocycles. The number of nitrogens with one attached hydrogen (secondary N) is 1. The second-order valence-corrected chi connectivity index (χ2v) is 6.03. The van der Waals surface area contributed by atoms with Crippen molar-refractivity contribution in [3.05, 3.63) is 41.7 Å². The minimum absolute atomic E-state index is 0.112. The van der Waals surface area contributed by atoms with Crippen molar-refractivity contribution < 1.29 is 5.11 Å². The highest BCUT2D eigenvalue weighted by Gasteiger charge is 2.19. The Hall–Kier alpha value is -1.72. The fourth-order valence-corrected chi connectivity index (χ4v) is 2.96. The molecular weight excluding hydrogens is 300 g/mol. The van der Waals surface area contributed by atoms with E-state index in [-0.39, 0.29) is 6.61 Å². The summed E-state index contributed by atoms with van der Waals surface area (Å²) >= 11 is 5.94. The van der Waals surface area contributed by atoms with Gasteiger partial charge < -0.3 is 15.3 Å². The highest BCUT2D eigenvalue weighted by Crippen LogP contribution is 2.23. The van der Waals surface area contributed by atoms with Crippen LogP contribution < -0.4 is 10.2 Å². The SMILES string of the molecule is OCCn1cc(NC2CCN(c3ccc(Cl)cc3)CC2)cn1. The fourth-order valence-electron chi connectivity index (χ4n) is 2.83. The quantitative estimate of drug-likeness (QED) is 0.889. The molecule has 3 rings (SSSR count). The summed E-state index contributed by atoms with van der Waals surface area (Å²) in [4.78, 5) is 2.39. The lowest BCUT2D eigenvalue weighted by Crippen LogP contribution is -2.39. The first-order valence-corrected chi connectivity index (χ1v) is 8.03. The van der Waals surface area contributed by atoms with Crippen molar-refractivity contribution in [3.63, 3.8) is 0 Å². The van der Waals surface area contributed by atoms with Gasteiger partial charge in [-0.05, 0) is 37.1 Å². The number of nitrogens with zero attached hydrogens (tertiary/aromatic N) is 3. The first-order chi connectivity index (χ1) is 10.7. The van der Waals surface area contributed by atoms with Gasteiger partial charge in [-0.2, -0.15) is 5.10 Å². The average Bonchev–Trinajstić information content (AvgIpc) is 2.97. The predicted octanol–water partition coefficient (Wildman–Crippen LogP) is 2.61. The van der Waals surface area contributed by atoms with Gasteiger partial charge in [0.2, 0.25) is 0 Å². The van der Waals surface area contributed by atoms with E-state index in [1.807, 2.05) is 24.5 Å². The lowest BCUT2D eigenvalue weighted by molar-refractivity contribution is 0.269. The molecule has 1 saturated heterocycles. The van der Waals surface area contributed by atoms with Crippen LogP contribution in [0.15, 0.2) is 36.7 Å². The van der Waals surface area contributed by atoms with E-state index >= 15 is 0 Å². The van der Waals surface area contributed by atoms with Crippen molar-refractivity contribution in [1.82, 2.24) is 9.78 Å². The number of piperidine rings is 1. The van der Waals surface area contributed by atoms with Crippen LogP contribution in [0.5, 0.6) is 0 Å². The van der Waals surface area contributed by atoms with Gasteiger partial charge in [0.15, 0.2) is 0 Å². The van der Waals surface area contributed by atoms with Gasteiger partial charge in [0, 0.05) is 36.0 Å². The molecule has 2 aromatic rings. The molecule has 1 aliphatic rings. The minimum atomic E-state index is 0.112. The molecule has 22 heavy (non-hydrogen) atoms. The van der Waals surface area contributed by atoms with Crippen LogP contribution in [-0.2, 0) is 6.54 Å². The molecule has 1 aliphatic heterocycles. The number of halogens is 1. The highest BCUT2D eigenvalue weighted by molar-refractivity contribution is 6.30. The molecule has 1 fully saturated rings. The standard InChI is InChI=1S/C16H21ClN4O/c17-13-1-3-16(4-2-13)20-7-5-14(6-8-20)19-15-11-18-21(12-15)9-10-22/h1-4,11-12,14,19,22H,5-10H2. The van der Waals surface area contributed by atoms with E-state index in [1.54, 1.807) is 4.68 Å². The molecule has 118 valence electrons. The van der Waals surface area contributed by atoms with Crippen LogP contribution in [0.1, 0.15) is 12.8 Å². The summed E-state index contributed by atoms with van der Waals surface area (Å²) < 4.78 is 1.76. The van der Waals surface area contributed by atoms with Gasteiger partial charge in [0.1, 0.15) is 0 Å². The summed E-state index contributed by atoms with van der Waals surface area (Å²) in [6, 6.07) is 8.51. The smallest absolute Gasteiger partial charge is 0.0728 e. The van der Waals surface area contributed by atoms with Crippen molar-refractivity contribution in [3.8, 4) is 0 Å². The monoisotopic (exact) mass is 320 g/mol. The highest BCUT2D eigenvalue weighted by atomic mass is 35.5. The van der Waals surface area contributed by atoms with Crippen LogP contribution in [0.3, 0.4) is 0 Å². The van der Waals surface area contributed by atoms with Gasteiger partial charge in [0.05, 0.1) is 25.0 Å². The molecule has 0 spiro atoms. The minimum Gasteiger partial charge on any atom is -0.394 e. The van der Waals surface area contributed by atoms with E-state index in [9.17, 15) is 0 Å². The van der Waals surface area contributed by atoms with E-state index in [0.29, 0.717) is 12.6 Å². The van der Waals surface area contributed by atoms with Gasteiger partial charge in [-0.15, -0.1) is 0 Å². The second kappa shape index (κ2) is 7.03. The number of anilines is 2. The Labute approximate surface area is 135 Å². The van der Waals surface area contributed by atoms with Gasteiger partial charge in [-0.3, -0.25) is 4.68 Å². The van der Waals surface area contributed by atoms with Crippen molar-refractivity contribution in [2.45, 2.75) is 25.4 Å². The van der Waals surface area contributed by atoms with Crippen molar-refractivity contribution in [1.29, 1.82) is 0 Å². The summed E-state index contributed by atoms with van der Waals surface area (Å²) in [5.74, 6) is 0. The first kappa shape index (κ1) is 15.2. The Morgan fingerprint density at radius 1 is 1.23 bits per heavy atom. The number of aliphatic hydroxyl groups is 1. The van der Waals surface area contributed by atoms with E-state index in [1.165, 1.54) is 5.69 Å². The summed E-state index contributed by atoms with van der Waals surface area (Å²) in [6.45, 7) is 2.71. The molecule has 2 heterocycles. The largest absolute Gasteiger partial charge is 0.394 e. The van der Waals surface area contributed by atoms with E-state index in [0.717, 1.165) is 36.6 Å². The van der Waals surface area contributed by atoms with Gasteiger partial charge >= 0.3 is 0 Å². The third-order valence-corrected chi connectivity index (χ3v) is 4.27. The number of aliphatic hydroxyl groups excluding tert-OH is 1. The maximum Gasteiger partial charge on any atom is 0.0728 e. The molecule has 0 atom stereocenters. The molecule has 0 unspecified atom stereocenters. The summed E-state index contributed by atoms with van der Waals surface area (Å²) in [5.41, 5.74) is 2.26. The predicted molar refractivity (Wildman–Crippen MR) is 89.6 cm³/mol. The normalized spacial score (nSPS) is 16.0. The summed E-state index contributed by atoms with van der Waals surface area (Å²) in [5, 5.41) is 17.4. The maximum atomic E-state index is 8.91. The van der Waals surface area contributed by atoms with Crippen LogP contribution in [0.4, 0.5) is 11.4 Å². The molecule has 6 heteroatoms. The average molecular weight is 321 g/mol. The zero-order chi connectivity index (χ0) is 15.4. The number of benzene rings is 1.